The lowest BCUT2D eigenvalue weighted by Crippen LogP contribution is -2.14. The van der Waals surface area contributed by atoms with Crippen LogP contribution in [0.5, 0.6) is 0 Å². The average Bonchev–Trinajstić information content (AvgIpc) is 2.41. The molecule has 0 aliphatic rings. The van der Waals surface area contributed by atoms with E-state index in [-0.39, 0.29) is 4.90 Å². The van der Waals surface area contributed by atoms with Crippen LogP contribution in [0.2, 0.25) is 0 Å². The van der Waals surface area contributed by atoms with Crippen LogP contribution >= 0.6 is 0 Å². The summed E-state index contributed by atoms with van der Waals surface area (Å²) < 4.78 is 27.3. The van der Waals surface area contributed by atoms with Crippen LogP contribution in [0.4, 0.5) is 17.1 Å². The Hall–Kier alpha value is -2.21. The van der Waals surface area contributed by atoms with E-state index in [4.69, 9.17) is 5.73 Å². The molecule has 2 aromatic carbocycles. The summed E-state index contributed by atoms with van der Waals surface area (Å²) in [7, 11) is 0.180. The van der Waals surface area contributed by atoms with E-state index < -0.39 is 10.0 Å². The largest absolute Gasteiger partial charge is 0.399 e. The topological polar surface area (TPSA) is 75.4 Å². The summed E-state index contributed by atoms with van der Waals surface area (Å²) >= 11 is 0. The van der Waals surface area contributed by atoms with Crippen LogP contribution < -0.4 is 15.4 Å². The Balaban J connectivity index is 2.33. The first-order valence-corrected chi connectivity index (χ1v) is 7.94. The van der Waals surface area contributed by atoms with Crippen LogP contribution in [0.15, 0.2) is 47.4 Å². The molecule has 0 bridgehead atoms. The Morgan fingerprint density at radius 2 is 1.81 bits per heavy atom. The molecular weight excluding hydrogens is 286 g/mol. The number of rotatable bonds is 4. The number of hydrogen-bond acceptors (Lipinski definition) is 4. The summed E-state index contributed by atoms with van der Waals surface area (Å²) in [4.78, 5) is 2.11. The highest BCUT2D eigenvalue weighted by molar-refractivity contribution is 7.92. The maximum Gasteiger partial charge on any atom is 0.261 e. The first-order valence-electron chi connectivity index (χ1n) is 6.46. The number of benzene rings is 2. The van der Waals surface area contributed by atoms with Crippen molar-refractivity contribution < 1.29 is 8.42 Å². The van der Waals surface area contributed by atoms with Crippen molar-refractivity contribution in [2.75, 3.05) is 29.5 Å². The third-order valence-electron chi connectivity index (χ3n) is 3.17. The number of nitrogens with two attached hydrogens (primary N) is 1. The highest BCUT2D eigenvalue weighted by atomic mass is 32.2. The van der Waals surface area contributed by atoms with E-state index in [1.54, 1.807) is 37.3 Å². The maximum absolute atomic E-state index is 12.4. The van der Waals surface area contributed by atoms with E-state index in [0.717, 1.165) is 11.3 Å². The first kappa shape index (κ1) is 15.2. The van der Waals surface area contributed by atoms with Crippen LogP contribution in [0.1, 0.15) is 5.56 Å². The molecule has 0 saturated heterocycles. The van der Waals surface area contributed by atoms with Gasteiger partial charge in [-0.05, 0) is 48.9 Å². The highest BCUT2D eigenvalue weighted by Crippen LogP contribution is 2.22. The molecule has 112 valence electrons. The van der Waals surface area contributed by atoms with E-state index >= 15 is 0 Å². The molecule has 21 heavy (non-hydrogen) atoms. The third kappa shape index (κ3) is 3.46. The van der Waals surface area contributed by atoms with Gasteiger partial charge >= 0.3 is 0 Å². The van der Waals surface area contributed by atoms with Gasteiger partial charge in [0, 0.05) is 25.5 Å². The number of sulfonamides is 1. The molecule has 0 saturated carbocycles. The van der Waals surface area contributed by atoms with E-state index in [0.29, 0.717) is 11.4 Å². The van der Waals surface area contributed by atoms with Crippen molar-refractivity contribution >= 4 is 27.1 Å². The Bertz CT molecular complexity index is 755. The van der Waals surface area contributed by atoms with E-state index in [1.165, 1.54) is 6.07 Å². The lowest BCUT2D eigenvalue weighted by molar-refractivity contribution is 0.601. The Labute approximate surface area is 125 Å². The van der Waals surface area contributed by atoms with Crippen LogP contribution in [0, 0.1) is 6.92 Å². The average molecular weight is 305 g/mol. The molecule has 0 unspecified atom stereocenters. The van der Waals surface area contributed by atoms with Crippen molar-refractivity contribution in [2.45, 2.75) is 11.8 Å². The van der Waals surface area contributed by atoms with Crippen molar-refractivity contribution in [3.8, 4) is 0 Å². The zero-order valence-corrected chi connectivity index (χ0v) is 13.1. The molecular formula is C15H19N3O2S. The van der Waals surface area contributed by atoms with Gasteiger partial charge in [0.05, 0.1) is 10.6 Å². The normalized spacial score (nSPS) is 11.2. The fourth-order valence-electron chi connectivity index (χ4n) is 1.88. The second-order valence-corrected chi connectivity index (χ2v) is 6.75. The lowest BCUT2D eigenvalue weighted by Gasteiger charge is -2.15. The molecule has 6 heteroatoms. The predicted octanol–water partition coefficient (Wildman–Crippen LogP) is 2.44. The lowest BCUT2D eigenvalue weighted by atomic mass is 10.2. The Morgan fingerprint density at radius 1 is 1.10 bits per heavy atom. The molecule has 5 nitrogen and oxygen atoms in total. The number of nitrogens with one attached hydrogen (secondary N) is 1. The predicted molar refractivity (Wildman–Crippen MR) is 87.2 cm³/mol. The SMILES string of the molecule is Cc1cc(S(=O)(=O)Nc2cccc(N(C)C)c2)ccc1N. The number of aryl methyl sites for hydroxylation is 1. The van der Waals surface area contributed by atoms with E-state index in [9.17, 15) is 8.42 Å². The van der Waals surface area contributed by atoms with Gasteiger partial charge in [-0.15, -0.1) is 0 Å². The summed E-state index contributed by atoms with van der Waals surface area (Å²) in [5.74, 6) is 0. The molecule has 0 aliphatic heterocycles. The van der Waals surface area contributed by atoms with Gasteiger partial charge in [0.25, 0.3) is 10.0 Å². The smallest absolute Gasteiger partial charge is 0.261 e. The van der Waals surface area contributed by atoms with E-state index in [1.807, 2.05) is 25.1 Å². The fraction of sp³-hybridized carbons (Fsp3) is 0.200. The summed E-state index contributed by atoms with van der Waals surface area (Å²) in [6.45, 7) is 1.78. The zero-order valence-electron chi connectivity index (χ0n) is 12.3. The van der Waals surface area contributed by atoms with Crippen LogP contribution in [0.25, 0.3) is 0 Å². The third-order valence-corrected chi connectivity index (χ3v) is 4.55. The Morgan fingerprint density at radius 3 is 2.43 bits per heavy atom. The van der Waals surface area contributed by atoms with Gasteiger partial charge in [-0.2, -0.15) is 0 Å². The summed E-state index contributed by atoms with van der Waals surface area (Å²) in [6.07, 6.45) is 0. The molecule has 0 radical (unpaired) electrons. The van der Waals surface area contributed by atoms with Crippen LogP contribution in [0.3, 0.4) is 0 Å². The van der Waals surface area contributed by atoms with Gasteiger partial charge in [0.2, 0.25) is 0 Å². The second kappa shape index (κ2) is 5.65. The zero-order chi connectivity index (χ0) is 15.6. The molecule has 0 aliphatic carbocycles. The van der Waals surface area contributed by atoms with Gasteiger partial charge in [0.15, 0.2) is 0 Å². The first-order chi connectivity index (χ1) is 9.79. The standard InChI is InChI=1S/C15H19N3O2S/c1-11-9-14(7-8-15(11)16)21(19,20)17-12-5-4-6-13(10-12)18(2)3/h4-10,17H,16H2,1-3H3. The summed E-state index contributed by atoms with van der Waals surface area (Å²) in [6, 6.07) is 11.9. The number of nitrogens with zero attached hydrogens (tertiary/aromatic N) is 1. The van der Waals surface area contributed by atoms with Crippen LogP contribution in [-0.4, -0.2) is 22.5 Å². The van der Waals surface area contributed by atoms with Gasteiger partial charge < -0.3 is 10.6 Å². The van der Waals surface area contributed by atoms with Crippen molar-refractivity contribution in [3.63, 3.8) is 0 Å². The van der Waals surface area contributed by atoms with Crippen LogP contribution in [-0.2, 0) is 10.0 Å². The van der Waals surface area contributed by atoms with Crippen molar-refractivity contribution in [3.05, 3.63) is 48.0 Å². The quantitative estimate of drug-likeness (QED) is 0.851. The highest BCUT2D eigenvalue weighted by Gasteiger charge is 2.15. The fourth-order valence-corrected chi connectivity index (χ4v) is 3.01. The van der Waals surface area contributed by atoms with Gasteiger partial charge in [-0.3, -0.25) is 4.72 Å². The molecule has 0 spiro atoms. The number of anilines is 3. The molecule has 0 amide bonds. The second-order valence-electron chi connectivity index (χ2n) is 5.07. The molecule has 2 aromatic rings. The number of hydrogen-bond donors (Lipinski definition) is 2. The molecule has 0 heterocycles. The van der Waals surface area contributed by atoms with Gasteiger partial charge in [-0.1, -0.05) is 6.07 Å². The molecule has 0 fully saturated rings. The minimum atomic E-state index is -3.62. The monoisotopic (exact) mass is 305 g/mol. The van der Waals surface area contributed by atoms with E-state index in [2.05, 4.69) is 4.72 Å². The maximum atomic E-state index is 12.4. The summed E-state index contributed by atoms with van der Waals surface area (Å²) in [5.41, 5.74) is 8.47. The van der Waals surface area contributed by atoms with Gasteiger partial charge in [0.1, 0.15) is 0 Å². The van der Waals surface area contributed by atoms with Crippen molar-refractivity contribution in [1.29, 1.82) is 0 Å². The summed E-state index contributed by atoms with van der Waals surface area (Å²) in [5, 5.41) is 0. The molecule has 0 aromatic heterocycles. The molecule has 2 rings (SSSR count). The number of nitrogen functional groups attached to an aromatic ring is 1. The Kier molecular flexibility index (Phi) is 4.09. The molecule has 3 N–H and O–H groups in total. The minimum Gasteiger partial charge on any atom is -0.399 e. The van der Waals surface area contributed by atoms with Crippen molar-refractivity contribution in [2.24, 2.45) is 0 Å². The van der Waals surface area contributed by atoms with Crippen molar-refractivity contribution in [1.82, 2.24) is 0 Å². The van der Waals surface area contributed by atoms with Gasteiger partial charge in [-0.25, -0.2) is 8.42 Å². The minimum absolute atomic E-state index is 0.199. The molecule has 0 atom stereocenters.